The quantitative estimate of drug-likeness (QED) is 0.359. The Labute approximate surface area is 209 Å². The third kappa shape index (κ3) is 5.89. The number of para-hydroxylation sites is 1. The summed E-state index contributed by atoms with van der Waals surface area (Å²) in [5, 5.41) is 13.4. The fourth-order valence-corrected chi connectivity index (χ4v) is 3.66. The Balaban J connectivity index is 0.000000197. The van der Waals surface area contributed by atoms with Crippen molar-refractivity contribution in [3.05, 3.63) is 72.1 Å². The number of hydrogen-bond donors (Lipinski definition) is 3. The molecule has 1 aliphatic rings. The molecule has 0 saturated heterocycles. The molecular formula is C28H30N4O4. The second-order valence-corrected chi connectivity index (χ2v) is 9.65. The van der Waals surface area contributed by atoms with E-state index in [2.05, 4.69) is 15.3 Å². The monoisotopic (exact) mass is 486 g/mol. The Bertz CT molecular complexity index is 1430. The van der Waals surface area contributed by atoms with Crippen LogP contribution in [0.4, 0.5) is 5.69 Å². The number of carbonyl (C=O) groups is 2. The van der Waals surface area contributed by atoms with Gasteiger partial charge in [-0.15, -0.1) is 0 Å². The highest BCUT2D eigenvalue weighted by atomic mass is 16.5. The maximum absolute atomic E-state index is 12.3. The molecule has 8 nitrogen and oxygen atoms in total. The zero-order valence-corrected chi connectivity index (χ0v) is 20.6. The van der Waals surface area contributed by atoms with E-state index in [0.29, 0.717) is 17.5 Å². The summed E-state index contributed by atoms with van der Waals surface area (Å²) in [6, 6.07) is 16.9. The lowest BCUT2D eigenvalue weighted by molar-refractivity contribution is -0.130. The van der Waals surface area contributed by atoms with Gasteiger partial charge in [0.2, 0.25) is 5.91 Å². The van der Waals surface area contributed by atoms with Crippen LogP contribution < -0.4 is 15.8 Å². The summed E-state index contributed by atoms with van der Waals surface area (Å²) in [5.41, 5.74) is 8.89. The topological polar surface area (TPSA) is 127 Å². The maximum Gasteiger partial charge on any atom is 0.337 e. The summed E-state index contributed by atoms with van der Waals surface area (Å²) in [5.74, 6) is -0.250. The molecule has 1 aliphatic carbocycles. The Morgan fingerprint density at radius 2 is 1.83 bits per heavy atom. The number of aromatic nitrogens is 2. The molecule has 0 radical (unpaired) electrons. The number of nitrogens with one attached hydrogen (secondary N) is 1. The molecule has 2 aromatic carbocycles. The highest BCUT2D eigenvalue weighted by Gasteiger charge is 2.33. The largest absolute Gasteiger partial charge is 0.492 e. The van der Waals surface area contributed by atoms with Gasteiger partial charge in [0.05, 0.1) is 27.4 Å². The van der Waals surface area contributed by atoms with Crippen LogP contribution in [-0.4, -0.2) is 39.6 Å². The number of nitrogens with zero attached hydrogens (tertiary/aromatic N) is 2. The Morgan fingerprint density at radius 1 is 1.11 bits per heavy atom. The number of carboxylic acid groups (broad SMARTS) is 1. The van der Waals surface area contributed by atoms with E-state index in [1.165, 1.54) is 6.20 Å². The molecule has 186 valence electrons. The summed E-state index contributed by atoms with van der Waals surface area (Å²) in [6.45, 7) is 5.98. The molecule has 1 saturated carbocycles. The van der Waals surface area contributed by atoms with Gasteiger partial charge in [0.25, 0.3) is 0 Å². The fraction of sp³-hybridized carbons (Fsp3) is 0.286. The van der Waals surface area contributed by atoms with Crippen molar-refractivity contribution in [2.45, 2.75) is 39.7 Å². The Morgan fingerprint density at radius 3 is 2.56 bits per heavy atom. The predicted molar refractivity (Wildman–Crippen MR) is 140 cm³/mol. The molecule has 0 spiro atoms. The molecule has 36 heavy (non-hydrogen) atoms. The third-order valence-corrected chi connectivity index (χ3v) is 5.91. The van der Waals surface area contributed by atoms with E-state index in [1.54, 1.807) is 6.07 Å². The second-order valence-electron chi connectivity index (χ2n) is 9.65. The minimum absolute atomic E-state index is 0.0298. The van der Waals surface area contributed by atoms with Crippen LogP contribution in [0.25, 0.3) is 21.8 Å². The predicted octanol–water partition coefficient (Wildman–Crippen LogP) is 4.74. The standard InChI is InChI=1S/C18H23N3O2.C10H7NO2/c1-11-9-13(19)16-14(20-11)5-4-6-15(16)23-10-18(2,3)17(22)21-12-7-8-12;12-10(13)8-5-7-3-1-2-4-9(7)11-6-8/h4-6,9,12H,7-8,10H2,1-3H3,(H2,19,20)(H,21,22);1-6H,(H,12,13). The summed E-state index contributed by atoms with van der Waals surface area (Å²) in [7, 11) is 0. The molecule has 1 amide bonds. The number of nitrogens with two attached hydrogens (primary N) is 1. The number of anilines is 1. The number of aromatic carboxylic acids is 1. The van der Waals surface area contributed by atoms with E-state index >= 15 is 0 Å². The van der Waals surface area contributed by atoms with E-state index in [9.17, 15) is 9.59 Å². The van der Waals surface area contributed by atoms with Crippen molar-refractivity contribution in [2.75, 3.05) is 12.3 Å². The van der Waals surface area contributed by atoms with Gasteiger partial charge < -0.3 is 20.9 Å². The SMILES string of the molecule is Cc1cc(N)c2c(OCC(C)(C)C(=O)NC3CC3)cccc2n1.O=C(O)c1cnc2ccccc2c1. The first-order valence-electron chi connectivity index (χ1n) is 11.8. The number of pyridine rings is 2. The van der Waals surface area contributed by atoms with Gasteiger partial charge in [0.15, 0.2) is 0 Å². The molecule has 8 heteroatoms. The van der Waals surface area contributed by atoms with Crippen LogP contribution in [0.2, 0.25) is 0 Å². The van der Waals surface area contributed by atoms with Gasteiger partial charge in [-0.1, -0.05) is 24.3 Å². The molecule has 0 bridgehead atoms. The molecule has 1 fully saturated rings. The number of ether oxygens (including phenoxy) is 1. The lowest BCUT2D eigenvalue weighted by Crippen LogP contribution is -2.41. The van der Waals surface area contributed by atoms with Crippen molar-refractivity contribution in [1.82, 2.24) is 15.3 Å². The number of rotatable bonds is 6. The maximum atomic E-state index is 12.3. The molecule has 2 aromatic heterocycles. The first kappa shape index (κ1) is 24.9. The smallest absolute Gasteiger partial charge is 0.337 e. The van der Waals surface area contributed by atoms with Gasteiger partial charge in [-0.2, -0.15) is 0 Å². The number of fused-ring (bicyclic) bond motifs is 2. The van der Waals surface area contributed by atoms with E-state index < -0.39 is 11.4 Å². The fourth-order valence-electron chi connectivity index (χ4n) is 3.66. The third-order valence-electron chi connectivity index (χ3n) is 5.91. The number of carboxylic acids is 1. The lowest BCUT2D eigenvalue weighted by Gasteiger charge is -2.24. The molecule has 2 heterocycles. The average Bonchev–Trinajstić information content (AvgIpc) is 3.66. The highest BCUT2D eigenvalue weighted by Crippen LogP contribution is 2.32. The molecule has 5 rings (SSSR count). The van der Waals surface area contributed by atoms with E-state index in [-0.39, 0.29) is 18.1 Å². The molecule has 4 N–H and O–H groups in total. The van der Waals surface area contributed by atoms with Crippen LogP contribution in [0.5, 0.6) is 5.75 Å². The van der Waals surface area contributed by atoms with E-state index in [0.717, 1.165) is 40.3 Å². The molecular weight excluding hydrogens is 456 g/mol. The van der Waals surface area contributed by atoms with Crippen LogP contribution in [0.15, 0.2) is 60.8 Å². The minimum Gasteiger partial charge on any atom is -0.492 e. The van der Waals surface area contributed by atoms with Gasteiger partial charge in [-0.3, -0.25) is 14.8 Å². The number of hydrogen-bond acceptors (Lipinski definition) is 6. The van der Waals surface area contributed by atoms with Crippen molar-refractivity contribution >= 4 is 39.4 Å². The number of benzene rings is 2. The van der Waals surface area contributed by atoms with Gasteiger partial charge >= 0.3 is 5.97 Å². The molecule has 4 aromatic rings. The zero-order valence-electron chi connectivity index (χ0n) is 20.6. The average molecular weight is 487 g/mol. The van der Waals surface area contributed by atoms with Crippen molar-refractivity contribution in [3.63, 3.8) is 0 Å². The molecule has 0 aliphatic heterocycles. The molecule has 0 atom stereocenters. The normalized spacial score (nSPS) is 13.1. The molecule has 0 unspecified atom stereocenters. The van der Waals surface area contributed by atoms with Crippen LogP contribution in [0, 0.1) is 12.3 Å². The first-order valence-corrected chi connectivity index (χ1v) is 11.8. The Hall–Kier alpha value is -4.20. The summed E-state index contributed by atoms with van der Waals surface area (Å²) >= 11 is 0. The zero-order chi connectivity index (χ0) is 25.9. The number of amides is 1. The van der Waals surface area contributed by atoms with Crippen molar-refractivity contribution in [2.24, 2.45) is 5.41 Å². The van der Waals surface area contributed by atoms with Crippen LogP contribution in [-0.2, 0) is 4.79 Å². The van der Waals surface area contributed by atoms with Crippen molar-refractivity contribution in [3.8, 4) is 5.75 Å². The highest BCUT2D eigenvalue weighted by molar-refractivity contribution is 5.95. The van der Waals surface area contributed by atoms with E-state index in [4.69, 9.17) is 15.6 Å². The van der Waals surface area contributed by atoms with Crippen LogP contribution in [0.3, 0.4) is 0 Å². The van der Waals surface area contributed by atoms with Gasteiger partial charge in [0, 0.05) is 29.0 Å². The first-order chi connectivity index (χ1) is 17.1. The van der Waals surface area contributed by atoms with Gasteiger partial charge in [-0.25, -0.2) is 4.79 Å². The minimum atomic E-state index is -0.946. The number of carbonyl (C=O) groups excluding carboxylic acids is 1. The van der Waals surface area contributed by atoms with Crippen LogP contribution >= 0.6 is 0 Å². The number of nitrogen functional groups attached to an aromatic ring is 1. The van der Waals surface area contributed by atoms with Crippen molar-refractivity contribution in [1.29, 1.82) is 0 Å². The summed E-state index contributed by atoms with van der Waals surface area (Å²) in [6.07, 6.45) is 3.52. The van der Waals surface area contributed by atoms with Crippen LogP contribution in [0.1, 0.15) is 42.7 Å². The van der Waals surface area contributed by atoms with Crippen molar-refractivity contribution < 1.29 is 19.4 Å². The summed E-state index contributed by atoms with van der Waals surface area (Å²) < 4.78 is 5.95. The number of aryl methyl sites for hydroxylation is 1. The second kappa shape index (κ2) is 10.2. The van der Waals surface area contributed by atoms with Gasteiger partial charge in [0.1, 0.15) is 12.4 Å². The Kier molecular flexibility index (Phi) is 7.05. The van der Waals surface area contributed by atoms with E-state index in [1.807, 2.05) is 69.3 Å². The lowest BCUT2D eigenvalue weighted by atomic mass is 9.93. The summed E-state index contributed by atoms with van der Waals surface area (Å²) in [4.78, 5) is 31.4. The van der Waals surface area contributed by atoms with Gasteiger partial charge in [-0.05, 0) is 63.9 Å².